The molecular formula is C8H16S. The third-order valence-corrected chi connectivity index (χ3v) is 3.75. The van der Waals surface area contributed by atoms with E-state index in [4.69, 9.17) is 0 Å². The van der Waals surface area contributed by atoms with Crippen molar-refractivity contribution in [3.05, 3.63) is 0 Å². The second-order valence-corrected chi connectivity index (χ2v) is 5.00. The molecule has 1 rings (SSSR count). The largest absolute Gasteiger partial charge is 0.172 e. The summed E-state index contributed by atoms with van der Waals surface area (Å²) in [5.41, 5.74) is 0.454. The minimum absolute atomic E-state index is 0.285. The molecule has 0 saturated heterocycles. The molecule has 0 amide bonds. The van der Waals surface area contributed by atoms with Gasteiger partial charge in [-0.2, -0.15) is 12.6 Å². The number of hydrogen-bond acceptors (Lipinski definition) is 1. The van der Waals surface area contributed by atoms with Crippen LogP contribution >= 0.6 is 12.6 Å². The van der Waals surface area contributed by atoms with Gasteiger partial charge in [-0.25, -0.2) is 0 Å². The van der Waals surface area contributed by atoms with Crippen LogP contribution in [-0.2, 0) is 0 Å². The first kappa shape index (κ1) is 7.46. The fourth-order valence-corrected chi connectivity index (χ4v) is 1.75. The SMILES string of the molecule is CC1(C)CCCC1(C)S. The van der Waals surface area contributed by atoms with Gasteiger partial charge >= 0.3 is 0 Å². The number of hydrogen-bond donors (Lipinski definition) is 1. The van der Waals surface area contributed by atoms with Crippen LogP contribution in [0.2, 0.25) is 0 Å². The predicted octanol–water partition coefficient (Wildman–Crippen LogP) is 2.89. The monoisotopic (exact) mass is 144 g/mol. The zero-order chi connectivity index (χ0) is 7.12. The summed E-state index contributed by atoms with van der Waals surface area (Å²) in [6, 6.07) is 0. The molecule has 0 aromatic carbocycles. The van der Waals surface area contributed by atoms with E-state index >= 15 is 0 Å². The van der Waals surface area contributed by atoms with Crippen LogP contribution in [0, 0.1) is 5.41 Å². The molecule has 0 aromatic rings. The Kier molecular flexibility index (Phi) is 1.59. The highest BCUT2D eigenvalue weighted by atomic mass is 32.1. The van der Waals surface area contributed by atoms with Crippen molar-refractivity contribution < 1.29 is 0 Å². The minimum atomic E-state index is 0.285. The van der Waals surface area contributed by atoms with Crippen LogP contribution in [-0.4, -0.2) is 4.75 Å². The molecule has 1 heteroatoms. The first-order chi connectivity index (χ1) is 3.96. The molecule has 1 aliphatic rings. The van der Waals surface area contributed by atoms with Crippen LogP contribution in [0.4, 0.5) is 0 Å². The Morgan fingerprint density at radius 2 is 1.67 bits per heavy atom. The van der Waals surface area contributed by atoms with Crippen LogP contribution in [0.15, 0.2) is 0 Å². The van der Waals surface area contributed by atoms with E-state index < -0.39 is 0 Å². The smallest absolute Gasteiger partial charge is 0.0152 e. The lowest BCUT2D eigenvalue weighted by Gasteiger charge is -2.33. The lowest BCUT2D eigenvalue weighted by atomic mass is 9.82. The fraction of sp³-hybridized carbons (Fsp3) is 1.00. The van der Waals surface area contributed by atoms with E-state index in [9.17, 15) is 0 Å². The standard InChI is InChI=1S/C8H16S/c1-7(2)5-4-6-8(7,3)9/h9H,4-6H2,1-3H3. The summed E-state index contributed by atoms with van der Waals surface area (Å²) in [7, 11) is 0. The van der Waals surface area contributed by atoms with Gasteiger partial charge in [0.25, 0.3) is 0 Å². The van der Waals surface area contributed by atoms with Crippen LogP contribution in [0.3, 0.4) is 0 Å². The molecule has 9 heavy (non-hydrogen) atoms. The quantitative estimate of drug-likeness (QED) is 0.497. The van der Waals surface area contributed by atoms with Crippen LogP contribution in [0.1, 0.15) is 40.0 Å². The van der Waals surface area contributed by atoms with E-state index in [1.807, 2.05) is 0 Å². The average Bonchev–Trinajstić information content (AvgIpc) is 1.81. The van der Waals surface area contributed by atoms with Crippen molar-refractivity contribution in [3.63, 3.8) is 0 Å². The van der Waals surface area contributed by atoms with Gasteiger partial charge in [-0.3, -0.25) is 0 Å². The van der Waals surface area contributed by atoms with E-state index in [2.05, 4.69) is 33.4 Å². The molecular weight excluding hydrogens is 128 g/mol. The van der Waals surface area contributed by atoms with Crippen molar-refractivity contribution in [2.45, 2.75) is 44.8 Å². The summed E-state index contributed by atoms with van der Waals surface area (Å²) in [5.74, 6) is 0. The molecule has 0 bridgehead atoms. The zero-order valence-corrected chi connectivity index (χ0v) is 7.46. The Balaban J connectivity index is 2.75. The van der Waals surface area contributed by atoms with Crippen LogP contribution in [0.5, 0.6) is 0 Å². The Hall–Kier alpha value is 0.350. The van der Waals surface area contributed by atoms with E-state index in [1.54, 1.807) is 0 Å². The van der Waals surface area contributed by atoms with Crippen molar-refractivity contribution in [2.75, 3.05) is 0 Å². The zero-order valence-electron chi connectivity index (χ0n) is 6.57. The summed E-state index contributed by atoms with van der Waals surface area (Å²) in [4.78, 5) is 0. The second kappa shape index (κ2) is 1.91. The Labute approximate surface area is 63.4 Å². The summed E-state index contributed by atoms with van der Waals surface area (Å²) in [6.07, 6.45) is 3.98. The average molecular weight is 144 g/mol. The van der Waals surface area contributed by atoms with Gasteiger partial charge in [0.15, 0.2) is 0 Å². The van der Waals surface area contributed by atoms with Crippen molar-refractivity contribution in [1.82, 2.24) is 0 Å². The maximum absolute atomic E-state index is 4.63. The van der Waals surface area contributed by atoms with Gasteiger partial charge in [-0.05, 0) is 18.3 Å². The molecule has 1 unspecified atom stereocenters. The van der Waals surface area contributed by atoms with Crippen LogP contribution < -0.4 is 0 Å². The summed E-state index contributed by atoms with van der Waals surface area (Å²) < 4.78 is 0.285. The molecule has 0 spiro atoms. The van der Waals surface area contributed by atoms with E-state index in [0.717, 1.165) is 0 Å². The minimum Gasteiger partial charge on any atom is -0.172 e. The topological polar surface area (TPSA) is 0 Å². The molecule has 0 radical (unpaired) electrons. The van der Waals surface area contributed by atoms with Crippen molar-refractivity contribution in [3.8, 4) is 0 Å². The third kappa shape index (κ3) is 1.12. The summed E-state index contributed by atoms with van der Waals surface area (Å²) in [6.45, 7) is 6.88. The maximum Gasteiger partial charge on any atom is 0.0152 e. The second-order valence-electron chi connectivity index (χ2n) is 4.01. The highest BCUT2D eigenvalue weighted by Gasteiger charge is 2.41. The Bertz CT molecular complexity index is 99.7. The summed E-state index contributed by atoms with van der Waals surface area (Å²) in [5, 5.41) is 0. The highest BCUT2D eigenvalue weighted by Crippen LogP contribution is 2.49. The fourth-order valence-electron chi connectivity index (χ4n) is 1.48. The number of thiol groups is 1. The normalized spacial score (nSPS) is 41.3. The molecule has 0 heterocycles. The molecule has 0 N–H and O–H groups in total. The third-order valence-electron chi connectivity index (χ3n) is 2.92. The summed E-state index contributed by atoms with van der Waals surface area (Å²) >= 11 is 4.63. The van der Waals surface area contributed by atoms with Gasteiger partial charge in [0.05, 0.1) is 0 Å². The van der Waals surface area contributed by atoms with Crippen molar-refractivity contribution >= 4 is 12.6 Å². The van der Waals surface area contributed by atoms with E-state index in [1.165, 1.54) is 19.3 Å². The molecule has 1 aliphatic carbocycles. The molecule has 54 valence electrons. The first-order valence-corrected chi connectivity index (χ1v) is 4.13. The van der Waals surface area contributed by atoms with E-state index in [0.29, 0.717) is 5.41 Å². The van der Waals surface area contributed by atoms with Gasteiger partial charge in [0.1, 0.15) is 0 Å². The molecule has 1 saturated carbocycles. The van der Waals surface area contributed by atoms with Crippen molar-refractivity contribution in [1.29, 1.82) is 0 Å². The molecule has 0 aliphatic heterocycles. The number of rotatable bonds is 0. The molecule has 0 nitrogen and oxygen atoms in total. The van der Waals surface area contributed by atoms with E-state index in [-0.39, 0.29) is 4.75 Å². The van der Waals surface area contributed by atoms with Gasteiger partial charge < -0.3 is 0 Å². The van der Waals surface area contributed by atoms with Crippen LogP contribution in [0.25, 0.3) is 0 Å². The van der Waals surface area contributed by atoms with Crippen molar-refractivity contribution in [2.24, 2.45) is 5.41 Å². The maximum atomic E-state index is 4.63. The first-order valence-electron chi connectivity index (χ1n) is 3.68. The van der Waals surface area contributed by atoms with Gasteiger partial charge in [0.2, 0.25) is 0 Å². The Morgan fingerprint density at radius 3 is 1.78 bits per heavy atom. The van der Waals surface area contributed by atoms with Gasteiger partial charge in [-0.1, -0.05) is 27.2 Å². The van der Waals surface area contributed by atoms with Gasteiger partial charge in [-0.15, -0.1) is 0 Å². The molecule has 0 aromatic heterocycles. The van der Waals surface area contributed by atoms with Gasteiger partial charge in [0, 0.05) is 4.75 Å². The predicted molar refractivity (Wildman–Crippen MR) is 45.0 cm³/mol. The lowest BCUT2D eigenvalue weighted by molar-refractivity contribution is 0.317. The highest BCUT2D eigenvalue weighted by molar-refractivity contribution is 7.81. The molecule has 1 atom stereocenters. The molecule has 1 fully saturated rings. The Morgan fingerprint density at radius 1 is 1.11 bits per heavy atom. The lowest BCUT2D eigenvalue weighted by Crippen LogP contribution is -2.30.